The van der Waals surface area contributed by atoms with E-state index in [-0.39, 0.29) is 31.6 Å². The van der Waals surface area contributed by atoms with Crippen LogP contribution in [0.15, 0.2) is 102 Å². The zero-order valence-electron chi connectivity index (χ0n) is 27.9. The number of benzene rings is 4. The normalized spacial score (nSPS) is 11.9. The Morgan fingerprint density at radius 1 is 0.826 bits per heavy atom. The number of nitrogens with zero attached hydrogens (tertiary/aromatic N) is 3. The molecule has 0 saturated heterocycles. The third kappa shape index (κ3) is 6.66. The van der Waals surface area contributed by atoms with E-state index < -0.39 is 8.07 Å². The number of hydrogen-bond donors (Lipinski definition) is 0. The van der Waals surface area contributed by atoms with Gasteiger partial charge in [-0.15, -0.1) is 53.6 Å². The van der Waals surface area contributed by atoms with Gasteiger partial charge in [0.05, 0.1) is 30.5 Å². The minimum Gasteiger partial charge on any atom is -0.501 e. The Balaban J connectivity index is 0.000000182. The van der Waals surface area contributed by atoms with Gasteiger partial charge in [0.15, 0.2) is 0 Å². The molecule has 0 amide bonds. The monoisotopic (exact) mass is 800 g/mol. The van der Waals surface area contributed by atoms with Gasteiger partial charge in [0.2, 0.25) is 0 Å². The first-order valence-corrected chi connectivity index (χ1v) is 19.2. The Morgan fingerprint density at radius 3 is 2.22 bits per heavy atom. The Morgan fingerprint density at radius 2 is 1.57 bits per heavy atom. The number of rotatable bonds is 4. The van der Waals surface area contributed by atoms with Crippen molar-refractivity contribution < 1.29 is 24.5 Å². The van der Waals surface area contributed by atoms with Crippen molar-refractivity contribution in [2.75, 3.05) is 0 Å². The van der Waals surface area contributed by atoms with Crippen LogP contribution in [0.2, 0.25) is 19.6 Å². The SMILES string of the molecule is CC(C)(C)c1c[c-]c(-c2ccc([Si](C)(C)C)cn2)cc1.CC(C)n1c(-c2[c-]ccc3c2oc2ccccc23)nc2ccccc21.[Ir]. The quantitative estimate of drug-likeness (QED) is 0.132. The fourth-order valence-electron chi connectivity index (χ4n) is 5.65. The first-order chi connectivity index (χ1) is 21.4. The number of fused-ring (bicyclic) bond motifs is 4. The summed E-state index contributed by atoms with van der Waals surface area (Å²) >= 11 is 0. The van der Waals surface area contributed by atoms with E-state index >= 15 is 0 Å². The van der Waals surface area contributed by atoms with Crippen molar-refractivity contribution in [2.24, 2.45) is 0 Å². The van der Waals surface area contributed by atoms with Crippen LogP contribution in [0.5, 0.6) is 0 Å². The predicted octanol–water partition coefficient (Wildman–Crippen LogP) is 10.4. The summed E-state index contributed by atoms with van der Waals surface area (Å²) in [6.45, 7) is 18.0. The average molecular weight is 800 g/mol. The van der Waals surface area contributed by atoms with Crippen LogP contribution in [0, 0.1) is 12.1 Å². The number of imidazole rings is 1. The van der Waals surface area contributed by atoms with Crippen molar-refractivity contribution in [1.29, 1.82) is 0 Å². The van der Waals surface area contributed by atoms with Gasteiger partial charge in [-0.2, -0.15) is 0 Å². The molecular weight excluding hydrogens is 759 g/mol. The Labute approximate surface area is 287 Å². The van der Waals surface area contributed by atoms with Crippen LogP contribution in [-0.2, 0) is 25.5 Å². The average Bonchev–Trinajstić information content (AvgIpc) is 3.60. The predicted molar refractivity (Wildman–Crippen MR) is 192 cm³/mol. The topological polar surface area (TPSA) is 43.9 Å². The van der Waals surface area contributed by atoms with E-state index in [2.05, 4.69) is 137 Å². The molecule has 0 aliphatic rings. The molecule has 3 heterocycles. The number of para-hydroxylation sites is 3. The van der Waals surface area contributed by atoms with Crippen LogP contribution in [-0.4, -0.2) is 22.6 Å². The van der Waals surface area contributed by atoms with E-state index in [1.165, 1.54) is 10.8 Å². The Kier molecular flexibility index (Phi) is 9.56. The van der Waals surface area contributed by atoms with Crippen molar-refractivity contribution in [3.63, 3.8) is 0 Å². The maximum Gasteiger partial charge on any atom is 0.120 e. The molecule has 0 spiro atoms. The van der Waals surface area contributed by atoms with Crippen molar-refractivity contribution in [2.45, 2.75) is 65.7 Å². The number of hydrogen-bond acceptors (Lipinski definition) is 3. The van der Waals surface area contributed by atoms with Crippen LogP contribution in [0.1, 0.15) is 46.2 Å². The molecule has 3 aromatic heterocycles. The molecule has 6 heteroatoms. The first kappa shape index (κ1) is 33.5. The van der Waals surface area contributed by atoms with Crippen molar-refractivity contribution in [3.05, 3.63) is 115 Å². The molecule has 7 aromatic rings. The zero-order chi connectivity index (χ0) is 31.9. The number of furan rings is 1. The number of pyridine rings is 1. The van der Waals surface area contributed by atoms with Gasteiger partial charge >= 0.3 is 0 Å². The second-order valence-corrected chi connectivity index (χ2v) is 19.1. The smallest absolute Gasteiger partial charge is 0.120 e. The summed E-state index contributed by atoms with van der Waals surface area (Å²) in [5.41, 5.74) is 8.34. The zero-order valence-corrected chi connectivity index (χ0v) is 31.3. The molecule has 1 radical (unpaired) electrons. The molecule has 7 rings (SSSR count). The van der Waals surface area contributed by atoms with Gasteiger partial charge in [0.1, 0.15) is 5.58 Å². The fraction of sp³-hybridized carbons (Fsp3) is 0.250. The fourth-order valence-corrected chi connectivity index (χ4v) is 6.68. The molecule has 0 bridgehead atoms. The van der Waals surface area contributed by atoms with Crippen LogP contribution in [0.4, 0.5) is 0 Å². The van der Waals surface area contributed by atoms with Crippen LogP contribution in [0.25, 0.3) is 55.6 Å². The molecule has 46 heavy (non-hydrogen) atoms. The Bertz CT molecular complexity index is 2040. The summed E-state index contributed by atoms with van der Waals surface area (Å²) in [7, 11) is -1.26. The minimum absolute atomic E-state index is 0. The van der Waals surface area contributed by atoms with Gasteiger partial charge in [-0.3, -0.25) is 4.98 Å². The first-order valence-electron chi connectivity index (χ1n) is 15.7. The van der Waals surface area contributed by atoms with Crippen LogP contribution in [0.3, 0.4) is 0 Å². The molecule has 4 aromatic carbocycles. The molecular formula is C40H41IrN3OSi-2. The number of aromatic nitrogens is 3. The summed E-state index contributed by atoms with van der Waals surface area (Å²) in [4.78, 5) is 9.51. The van der Waals surface area contributed by atoms with E-state index in [0.717, 1.165) is 55.6 Å². The van der Waals surface area contributed by atoms with E-state index in [1.807, 2.05) is 36.5 Å². The van der Waals surface area contributed by atoms with Crippen molar-refractivity contribution >= 4 is 46.2 Å². The maximum absolute atomic E-state index is 6.18. The molecule has 0 atom stereocenters. The third-order valence-electron chi connectivity index (χ3n) is 8.26. The molecule has 4 nitrogen and oxygen atoms in total. The van der Waals surface area contributed by atoms with Crippen molar-refractivity contribution in [1.82, 2.24) is 14.5 Å². The van der Waals surface area contributed by atoms with E-state index in [4.69, 9.17) is 9.40 Å². The third-order valence-corrected chi connectivity index (χ3v) is 10.3. The molecule has 0 fully saturated rings. The van der Waals surface area contributed by atoms with Gasteiger partial charge in [-0.05, 0) is 48.3 Å². The van der Waals surface area contributed by atoms with Crippen molar-refractivity contribution in [3.8, 4) is 22.6 Å². The molecule has 0 saturated carbocycles. The van der Waals surface area contributed by atoms with Gasteiger partial charge in [-0.1, -0.05) is 93.8 Å². The maximum atomic E-state index is 6.18. The minimum atomic E-state index is -1.26. The summed E-state index contributed by atoms with van der Waals surface area (Å²) in [6, 6.07) is 38.2. The summed E-state index contributed by atoms with van der Waals surface area (Å²) < 4.78 is 8.44. The van der Waals surface area contributed by atoms with E-state index in [0.29, 0.717) is 0 Å². The van der Waals surface area contributed by atoms with Crippen LogP contribution < -0.4 is 5.19 Å². The largest absolute Gasteiger partial charge is 0.501 e. The summed E-state index contributed by atoms with van der Waals surface area (Å²) in [5.74, 6) is 0.904. The summed E-state index contributed by atoms with van der Waals surface area (Å²) in [5, 5.41) is 3.62. The second-order valence-electron chi connectivity index (χ2n) is 14.0. The molecule has 237 valence electrons. The van der Waals surface area contributed by atoms with E-state index in [1.54, 1.807) is 0 Å². The van der Waals surface area contributed by atoms with Gasteiger partial charge < -0.3 is 14.0 Å². The standard InChI is InChI=1S/C22H17N2O.C18H24NSi.Ir/c1-14(2)24-19-12-5-4-11-18(19)23-22(24)17-10-7-9-16-15-8-3-6-13-20(15)25-21(16)17;1-18(2,3)15-9-7-14(8-10-15)17-12-11-16(13-19-17)20(4,5)6;/h3-9,11-14H,1-2H3;7,9-13H,1-6H3;/q2*-1;. The van der Waals surface area contributed by atoms with Gasteiger partial charge in [0, 0.05) is 37.7 Å². The molecule has 0 aliphatic carbocycles. The summed E-state index contributed by atoms with van der Waals surface area (Å²) in [6.07, 6.45) is 2.03. The van der Waals surface area contributed by atoms with Gasteiger partial charge in [-0.25, -0.2) is 0 Å². The van der Waals surface area contributed by atoms with Gasteiger partial charge in [0.25, 0.3) is 0 Å². The molecule has 0 unspecified atom stereocenters. The van der Waals surface area contributed by atoms with Crippen LogP contribution >= 0.6 is 0 Å². The van der Waals surface area contributed by atoms with E-state index in [9.17, 15) is 0 Å². The Hall–Kier alpha value is -3.83. The second kappa shape index (κ2) is 13.1. The molecule has 0 N–H and O–H groups in total. The molecule has 0 aliphatic heterocycles.